The van der Waals surface area contributed by atoms with Crippen LogP contribution in [0, 0.1) is 5.92 Å². The molecule has 74 valence electrons. The molecule has 1 aliphatic heterocycles. The summed E-state index contributed by atoms with van der Waals surface area (Å²) in [6.07, 6.45) is -1.46. The van der Waals surface area contributed by atoms with E-state index in [0.717, 1.165) is 0 Å². The number of cyclic esters (lactones) is 1. The largest absolute Gasteiger partial charge is 0.481 e. The van der Waals surface area contributed by atoms with E-state index < -0.39 is 27.8 Å². The fraction of sp³-hybridized carbons (Fsp3) is 0.667. The highest BCUT2D eigenvalue weighted by atomic mass is 35.6. The lowest BCUT2D eigenvalue weighted by molar-refractivity contribution is -0.144. The number of ether oxygens (including phenoxy) is 1. The van der Waals surface area contributed by atoms with Crippen LogP contribution in [0.5, 0.6) is 0 Å². The zero-order valence-electron chi connectivity index (χ0n) is 6.17. The molecule has 1 heterocycles. The molecule has 0 aromatic carbocycles. The number of carboxylic acids is 1. The van der Waals surface area contributed by atoms with Gasteiger partial charge >= 0.3 is 11.9 Å². The Morgan fingerprint density at radius 3 is 2.38 bits per heavy atom. The minimum absolute atomic E-state index is 0.256. The standard InChI is InChI=1S/C6H5Cl3O4/c7-6(8,9)4-2(5(11)12)1-3(10)13-4/h2,4H,1H2,(H,11,12). The van der Waals surface area contributed by atoms with Gasteiger partial charge in [0, 0.05) is 0 Å². The Labute approximate surface area is 88.7 Å². The van der Waals surface area contributed by atoms with Gasteiger partial charge in [-0.05, 0) is 0 Å². The van der Waals surface area contributed by atoms with Crippen LogP contribution in [0.15, 0.2) is 0 Å². The van der Waals surface area contributed by atoms with Gasteiger partial charge in [0.2, 0.25) is 3.79 Å². The molecule has 13 heavy (non-hydrogen) atoms. The van der Waals surface area contributed by atoms with Crippen LogP contribution in [0.2, 0.25) is 0 Å². The molecule has 0 aliphatic carbocycles. The maximum absolute atomic E-state index is 10.8. The van der Waals surface area contributed by atoms with Crippen molar-refractivity contribution in [2.75, 3.05) is 0 Å². The van der Waals surface area contributed by atoms with Gasteiger partial charge in [0.25, 0.3) is 0 Å². The van der Waals surface area contributed by atoms with E-state index in [2.05, 4.69) is 4.74 Å². The van der Waals surface area contributed by atoms with Crippen molar-refractivity contribution in [3.8, 4) is 0 Å². The third kappa shape index (κ3) is 2.39. The summed E-state index contributed by atoms with van der Waals surface area (Å²) in [6.45, 7) is 0. The van der Waals surface area contributed by atoms with Gasteiger partial charge in [-0.3, -0.25) is 9.59 Å². The lowest BCUT2D eigenvalue weighted by Gasteiger charge is -2.21. The Bertz CT molecular complexity index is 247. The molecule has 2 unspecified atom stereocenters. The molecule has 0 aromatic heterocycles. The average molecular weight is 247 g/mol. The number of hydrogen-bond acceptors (Lipinski definition) is 3. The van der Waals surface area contributed by atoms with E-state index in [1.165, 1.54) is 0 Å². The number of hydrogen-bond donors (Lipinski definition) is 1. The molecule has 1 rings (SSSR count). The Morgan fingerprint density at radius 2 is 2.08 bits per heavy atom. The second-order valence-corrected chi connectivity index (χ2v) is 4.97. The first-order valence-electron chi connectivity index (χ1n) is 3.31. The molecule has 4 nitrogen and oxygen atoms in total. The summed E-state index contributed by atoms with van der Waals surface area (Å²) in [5, 5.41) is 8.66. The number of alkyl halides is 3. The number of carbonyl (C=O) groups excluding carboxylic acids is 1. The van der Waals surface area contributed by atoms with E-state index in [1.54, 1.807) is 0 Å². The molecule has 0 spiro atoms. The maximum atomic E-state index is 10.8. The smallest absolute Gasteiger partial charge is 0.311 e. The Morgan fingerprint density at radius 1 is 1.54 bits per heavy atom. The van der Waals surface area contributed by atoms with Crippen LogP contribution in [-0.2, 0) is 14.3 Å². The predicted octanol–water partition coefficient (Wildman–Crippen LogP) is 1.37. The van der Waals surface area contributed by atoms with Gasteiger partial charge in [0.1, 0.15) is 5.92 Å². The van der Waals surface area contributed by atoms with E-state index in [9.17, 15) is 9.59 Å². The zero-order chi connectivity index (χ0) is 10.2. The van der Waals surface area contributed by atoms with Gasteiger partial charge in [0.15, 0.2) is 6.10 Å². The minimum atomic E-state index is -1.89. The van der Waals surface area contributed by atoms with Crippen molar-refractivity contribution >= 4 is 46.7 Å². The number of esters is 1. The number of rotatable bonds is 1. The lowest BCUT2D eigenvalue weighted by atomic mass is 10.0. The first-order chi connectivity index (χ1) is 5.82. The van der Waals surface area contributed by atoms with E-state index >= 15 is 0 Å². The van der Waals surface area contributed by atoms with E-state index in [0.29, 0.717) is 0 Å². The summed E-state index contributed by atoms with van der Waals surface area (Å²) in [4.78, 5) is 21.3. The predicted molar refractivity (Wildman–Crippen MR) is 45.9 cm³/mol. The van der Waals surface area contributed by atoms with Crippen molar-refractivity contribution in [3.05, 3.63) is 0 Å². The number of carbonyl (C=O) groups is 2. The van der Waals surface area contributed by atoms with Crippen molar-refractivity contribution in [1.29, 1.82) is 0 Å². The van der Waals surface area contributed by atoms with Gasteiger partial charge in [-0.1, -0.05) is 34.8 Å². The number of carboxylic acid groups (broad SMARTS) is 1. The van der Waals surface area contributed by atoms with Crippen molar-refractivity contribution in [1.82, 2.24) is 0 Å². The number of aliphatic carboxylic acids is 1. The molecule has 1 fully saturated rings. The van der Waals surface area contributed by atoms with Crippen LogP contribution in [-0.4, -0.2) is 26.9 Å². The summed E-state index contributed by atoms with van der Waals surface area (Å²) in [6, 6.07) is 0. The zero-order valence-corrected chi connectivity index (χ0v) is 8.44. The average Bonchev–Trinajstić information content (AvgIpc) is 2.29. The number of halogens is 3. The maximum Gasteiger partial charge on any atom is 0.311 e. The molecule has 1 N–H and O–H groups in total. The van der Waals surface area contributed by atoms with Crippen LogP contribution in [0.3, 0.4) is 0 Å². The summed E-state index contributed by atoms with van der Waals surface area (Å²) < 4.78 is 2.69. The van der Waals surface area contributed by atoms with E-state index in [1.807, 2.05) is 0 Å². The highest BCUT2D eigenvalue weighted by Crippen LogP contribution is 2.40. The summed E-state index contributed by atoms with van der Waals surface area (Å²) >= 11 is 16.3. The summed E-state index contributed by atoms with van der Waals surface area (Å²) in [5.74, 6) is -2.95. The second-order valence-electron chi connectivity index (χ2n) is 2.60. The van der Waals surface area contributed by atoms with Gasteiger partial charge < -0.3 is 9.84 Å². The van der Waals surface area contributed by atoms with Gasteiger partial charge in [-0.2, -0.15) is 0 Å². The van der Waals surface area contributed by atoms with Crippen LogP contribution in [0.4, 0.5) is 0 Å². The second kappa shape index (κ2) is 3.52. The molecule has 0 aromatic rings. The fourth-order valence-corrected chi connectivity index (χ4v) is 1.66. The van der Waals surface area contributed by atoms with E-state index in [4.69, 9.17) is 39.9 Å². The highest BCUT2D eigenvalue weighted by Gasteiger charge is 2.50. The van der Waals surface area contributed by atoms with Crippen LogP contribution in [0.1, 0.15) is 6.42 Å². The molecule has 0 amide bonds. The van der Waals surface area contributed by atoms with Crippen LogP contribution in [0.25, 0.3) is 0 Å². The molecule has 1 aliphatic rings. The summed E-state index contributed by atoms with van der Waals surface area (Å²) in [5.41, 5.74) is 0. The van der Waals surface area contributed by atoms with E-state index in [-0.39, 0.29) is 6.42 Å². The van der Waals surface area contributed by atoms with Gasteiger partial charge in [-0.25, -0.2) is 0 Å². The molecular formula is C6H5Cl3O4. The monoisotopic (exact) mass is 246 g/mol. The minimum Gasteiger partial charge on any atom is -0.481 e. The third-order valence-corrected chi connectivity index (χ3v) is 2.30. The van der Waals surface area contributed by atoms with Crippen molar-refractivity contribution in [3.63, 3.8) is 0 Å². The Balaban J connectivity index is 2.84. The topological polar surface area (TPSA) is 63.6 Å². The summed E-state index contributed by atoms with van der Waals surface area (Å²) in [7, 11) is 0. The van der Waals surface area contributed by atoms with Crippen LogP contribution >= 0.6 is 34.8 Å². The highest BCUT2D eigenvalue weighted by molar-refractivity contribution is 6.68. The SMILES string of the molecule is O=C1CC(C(=O)O)C(C(Cl)(Cl)Cl)O1. The van der Waals surface area contributed by atoms with Crippen molar-refractivity contribution in [2.24, 2.45) is 5.92 Å². The van der Waals surface area contributed by atoms with Crippen LogP contribution < -0.4 is 0 Å². The first kappa shape index (κ1) is 10.9. The van der Waals surface area contributed by atoms with Gasteiger partial charge in [-0.15, -0.1) is 0 Å². The molecular weight excluding hydrogens is 242 g/mol. The van der Waals surface area contributed by atoms with Crippen molar-refractivity contribution < 1.29 is 19.4 Å². The Hall–Kier alpha value is -0.190. The molecule has 1 saturated heterocycles. The van der Waals surface area contributed by atoms with Gasteiger partial charge in [0.05, 0.1) is 6.42 Å². The van der Waals surface area contributed by atoms with Crippen molar-refractivity contribution in [2.45, 2.75) is 16.3 Å². The fourth-order valence-electron chi connectivity index (χ4n) is 1.07. The molecule has 2 atom stereocenters. The molecule has 7 heteroatoms. The normalized spacial score (nSPS) is 28.7. The molecule has 0 radical (unpaired) electrons. The molecule has 0 saturated carbocycles. The third-order valence-electron chi connectivity index (χ3n) is 1.65. The first-order valence-corrected chi connectivity index (χ1v) is 4.45. The lowest BCUT2D eigenvalue weighted by Crippen LogP contribution is -2.35. The quantitative estimate of drug-likeness (QED) is 0.561. The molecule has 0 bridgehead atoms. The Kier molecular flexibility index (Phi) is 2.95.